The van der Waals surface area contributed by atoms with Crippen molar-refractivity contribution in [3.8, 4) is 0 Å². The first-order valence-electron chi connectivity index (χ1n) is 6.32. The number of piperidine rings is 1. The van der Waals surface area contributed by atoms with Gasteiger partial charge in [-0.15, -0.1) is 0 Å². The smallest absolute Gasteiger partial charge is 0.303 e. The fourth-order valence-electron chi connectivity index (χ4n) is 2.40. The molecule has 1 saturated heterocycles. The summed E-state index contributed by atoms with van der Waals surface area (Å²) in [5, 5.41) is 8.70. The molecule has 0 spiro atoms. The van der Waals surface area contributed by atoms with E-state index in [9.17, 15) is 9.59 Å². The number of furan rings is 1. The minimum Gasteiger partial charge on any atom is -0.481 e. The van der Waals surface area contributed by atoms with Crippen LogP contribution in [-0.4, -0.2) is 35.0 Å². The average molecular weight is 330 g/mol. The Bertz CT molecular complexity index is 471. The van der Waals surface area contributed by atoms with Gasteiger partial charge in [-0.3, -0.25) is 9.59 Å². The lowest BCUT2D eigenvalue weighted by Crippen LogP contribution is -2.40. The Morgan fingerprint density at radius 1 is 1.53 bits per heavy atom. The summed E-state index contributed by atoms with van der Waals surface area (Å²) in [4.78, 5) is 24.6. The maximum Gasteiger partial charge on any atom is 0.303 e. The molecule has 6 heteroatoms. The summed E-state index contributed by atoms with van der Waals surface area (Å²) < 4.78 is 5.84. The normalized spacial score (nSPS) is 19.4. The van der Waals surface area contributed by atoms with Gasteiger partial charge in [0.25, 0.3) is 5.91 Å². The highest BCUT2D eigenvalue weighted by molar-refractivity contribution is 9.10. The molecule has 1 aromatic rings. The zero-order valence-corrected chi connectivity index (χ0v) is 12.1. The van der Waals surface area contributed by atoms with Crippen LogP contribution >= 0.6 is 15.9 Å². The van der Waals surface area contributed by atoms with E-state index in [-0.39, 0.29) is 18.2 Å². The number of halogens is 1. The van der Waals surface area contributed by atoms with Crippen LogP contribution in [0.3, 0.4) is 0 Å². The summed E-state index contributed by atoms with van der Waals surface area (Å²) in [6.07, 6.45) is 4.16. The van der Waals surface area contributed by atoms with Gasteiger partial charge in [0.1, 0.15) is 0 Å². The number of rotatable bonds is 4. The predicted molar refractivity (Wildman–Crippen MR) is 71.9 cm³/mol. The topological polar surface area (TPSA) is 70.8 Å². The minimum absolute atomic E-state index is 0.128. The van der Waals surface area contributed by atoms with Crippen LogP contribution in [0, 0.1) is 5.92 Å². The first kappa shape index (κ1) is 14.1. The molecule has 0 radical (unpaired) electrons. The summed E-state index contributed by atoms with van der Waals surface area (Å²) in [5.41, 5.74) is 0. The molecule has 0 aliphatic carbocycles. The molecule has 1 atom stereocenters. The van der Waals surface area contributed by atoms with Crippen LogP contribution in [-0.2, 0) is 4.79 Å². The Labute approximate surface area is 119 Å². The van der Waals surface area contributed by atoms with Crippen LogP contribution in [0.15, 0.2) is 21.2 Å². The third-order valence-electron chi connectivity index (χ3n) is 3.38. The van der Waals surface area contributed by atoms with Gasteiger partial charge < -0.3 is 14.4 Å². The number of carbonyl (C=O) groups is 2. The van der Waals surface area contributed by atoms with Crippen molar-refractivity contribution in [2.45, 2.75) is 25.7 Å². The molecule has 19 heavy (non-hydrogen) atoms. The Kier molecular flexibility index (Phi) is 4.63. The molecule has 1 fully saturated rings. The number of hydrogen-bond donors (Lipinski definition) is 1. The SMILES string of the molecule is O=C(O)CCC1CCCN(C(=O)c2occc2Br)C1. The number of likely N-dealkylation sites (tertiary alicyclic amines) is 1. The third-order valence-corrected chi connectivity index (χ3v) is 4.01. The minimum atomic E-state index is -0.780. The van der Waals surface area contributed by atoms with Gasteiger partial charge in [0.15, 0.2) is 0 Å². The first-order chi connectivity index (χ1) is 9.08. The molecule has 1 unspecified atom stereocenters. The Morgan fingerprint density at radius 3 is 2.95 bits per heavy atom. The maximum atomic E-state index is 12.3. The number of carbonyl (C=O) groups excluding carboxylic acids is 1. The molecule has 0 saturated carbocycles. The van der Waals surface area contributed by atoms with Gasteiger partial charge in [-0.1, -0.05) is 0 Å². The molecule has 5 nitrogen and oxygen atoms in total. The second kappa shape index (κ2) is 6.23. The monoisotopic (exact) mass is 329 g/mol. The highest BCUT2D eigenvalue weighted by Crippen LogP contribution is 2.25. The molecule has 1 aliphatic rings. The van der Waals surface area contributed by atoms with Crippen molar-refractivity contribution in [1.82, 2.24) is 4.90 Å². The van der Waals surface area contributed by atoms with E-state index in [4.69, 9.17) is 9.52 Å². The van der Waals surface area contributed by atoms with E-state index in [1.165, 1.54) is 6.26 Å². The Morgan fingerprint density at radius 2 is 2.32 bits per heavy atom. The van der Waals surface area contributed by atoms with Crippen LogP contribution in [0.2, 0.25) is 0 Å². The molecule has 0 aromatic carbocycles. The molecule has 1 aliphatic heterocycles. The van der Waals surface area contributed by atoms with E-state index in [2.05, 4.69) is 15.9 Å². The lowest BCUT2D eigenvalue weighted by atomic mass is 9.93. The molecule has 104 valence electrons. The van der Waals surface area contributed by atoms with Crippen LogP contribution in [0.4, 0.5) is 0 Å². The van der Waals surface area contributed by atoms with Crippen molar-refractivity contribution in [3.05, 3.63) is 22.6 Å². The van der Waals surface area contributed by atoms with Crippen molar-refractivity contribution in [2.24, 2.45) is 5.92 Å². The van der Waals surface area contributed by atoms with Gasteiger partial charge in [-0.05, 0) is 47.2 Å². The van der Waals surface area contributed by atoms with Crippen molar-refractivity contribution < 1.29 is 19.1 Å². The zero-order valence-electron chi connectivity index (χ0n) is 10.5. The molecule has 2 rings (SSSR count). The fourth-order valence-corrected chi connectivity index (χ4v) is 2.77. The summed E-state index contributed by atoms with van der Waals surface area (Å²) in [5.74, 6) is -0.324. The maximum absolute atomic E-state index is 12.3. The second-order valence-electron chi connectivity index (χ2n) is 4.79. The Hall–Kier alpha value is -1.30. The van der Waals surface area contributed by atoms with E-state index in [1.54, 1.807) is 11.0 Å². The highest BCUT2D eigenvalue weighted by atomic mass is 79.9. The van der Waals surface area contributed by atoms with E-state index < -0.39 is 5.97 Å². The summed E-state index contributed by atoms with van der Waals surface area (Å²) >= 11 is 3.28. The fraction of sp³-hybridized carbons (Fsp3) is 0.538. The van der Waals surface area contributed by atoms with Gasteiger partial charge in [0.2, 0.25) is 5.76 Å². The van der Waals surface area contributed by atoms with Crippen molar-refractivity contribution in [2.75, 3.05) is 13.1 Å². The van der Waals surface area contributed by atoms with Gasteiger partial charge >= 0.3 is 5.97 Å². The number of nitrogens with zero attached hydrogens (tertiary/aromatic N) is 1. The quantitative estimate of drug-likeness (QED) is 0.921. The second-order valence-corrected chi connectivity index (χ2v) is 5.64. The Balaban J connectivity index is 1.95. The molecular formula is C13H16BrNO4. The van der Waals surface area contributed by atoms with Gasteiger partial charge in [0.05, 0.1) is 10.7 Å². The number of carboxylic acid groups (broad SMARTS) is 1. The van der Waals surface area contributed by atoms with Gasteiger partial charge in [-0.2, -0.15) is 0 Å². The number of aliphatic carboxylic acids is 1. The van der Waals surface area contributed by atoms with Crippen molar-refractivity contribution >= 4 is 27.8 Å². The van der Waals surface area contributed by atoms with Crippen LogP contribution < -0.4 is 0 Å². The highest BCUT2D eigenvalue weighted by Gasteiger charge is 2.27. The number of amides is 1. The number of carboxylic acids is 1. The number of hydrogen-bond acceptors (Lipinski definition) is 3. The lowest BCUT2D eigenvalue weighted by Gasteiger charge is -2.32. The predicted octanol–water partition coefficient (Wildman–Crippen LogP) is 2.76. The standard InChI is InChI=1S/C13H16BrNO4/c14-10-5-7-19-12(10)13(18)15-6-1-2-9(8-15)3-4-11(16)17/h5,7,9H,1-4,6,8H2,(H,16,17). The lowest BCUT2D eigenvalue weighted by molar-refractivity contribution is -0.137. The molecule has 2 heterocycles. The van der Waals surface area contributed by atoms with E-state index in [1.807, 2.05) is 0 Å². The van der Waals surface area contributed by atoms with Crippen molar-refractivity contribution in [3.63, 3.8) is 0 Å². The molecule has 1 N–H and O–H groups in total. The van der Waals surface area contributed by atoms with E-state index >= 15 is 0 Å². The largest absolute Gasteiger partial charge is 0.481 e. The van der Waals surface area contributed by atoms with Crippen molar-refractivity contribution in [1.29, 1.82) is 0 Å². The first-order valence-corrected chi connectivity index (χ1v) is 7.11. The van der Waals surface area contributed by atoms with Crippen LogP contribution in [0.25, 0.3) is 0 Å². The third kappa shape index (κ3) is 3.59. The molecule has 0 bridgehead atoms. The van der Waals surface area contributed by atoms with Crippen LogP contribution in [0.5, 0.6) is 0 Å². The van der Waals surface area contributed by atoms with Gasteiger partial charge in [-0.25, -0.2) is 0 Å². The average Bonchev–Trinajstić information content (AvgIpc) is 2.82. The summed E-state index contributed by atoms with van der Waals surface area (Å²) in [6.45, 7) is 1.31. The molecular weight excluding hydrogens is 314 g/mol. The molecule has 1 aromatic heterocycles. The summed E-state index contributed by atoms with van der Waals surface area (Å²) in [7, 11) is 0. The van der Waals surface area contributed by atoms with Gasteiger partial charge in [0, 0.05) is 19.5 Å². The zero-order chi connectivity index (χ0) is 13.8. The van der Waals surface area contributed by atoms with Crippen LogP contribution in [0.1, 0.15) is 36.2 Å². The molecule has 1 amide bonds. The summed E-state index contributed by atoms with van der Waals surface area (Å²) in [6, 6.07) is 1.69. The van der Waals surface area contributed by atoms with E-state index in [0.717, 1.165) is 12.8 Å². The van der Waals surface area contributed by atoms with E-state index in [0.29, 0.717) is 29.7 Å².